The largest absolute Gasteiger partial charge is 0.416 e. The number of nitrogens with one attached hydrogen (secondary N) is 2. The summed E-state index contributed by atoms with van der Waals surface area (Å²) in [5.74, 6) is 0.00544. The van der Waals surface area contributed by atoms with Crippen LogP contribution < -0.4 is 10.6 Å². The minimum absolute atomic E-state index is 0.339. The maximum absolute atomic E-state index is 12.5. The molecular formula is C18H13F3N4O. The first-order valence-electron chi connectivity index (χ1n) is 7.53. The molecule has 0 saturated heterocycles. The van der Waals surface area contributed by atoms with E-state index in [1.807, 2.05) is 0 Å². The van der Waals surface area contributed by atoms with Crippen LogP contribution in [0.25, 0.3) is 0 Å². The summed E-state index contributed by atoms with van der Waals surface area (Å²) in [6.45, 7) is 0. The molecule has 1 amide bonds. The van der Waals surface area contributed by atoms with Crippen molar-refractivity contribution in [1.29, 1.82) is 0 Å². The normalized spacial score (nSPS) is 11.0. The molecule has 0 unspecified atom stereocenters. The minimum atomic E-state index is -4.37. The number of alkyl halides is 3. The summed E-state index contributed by atoms with van der Waals surface area (Å²) in [5.41, 5.74) is 0.756. The molecule has 0 bridgehead atoms. The Morgan fingerprint density at radius 1 is 0.923 bits per heavy atom. The molecule has 2 aromatic heterocycles. The molecule has 8 heteroatoms. The Bertz CT molecular complexity index is 879. The molecule has 2 heterocycles. The van der Waals surface area contributed by atoms with E-state index in [9.17, 15) is 18.0 Å². The van der Waals surface area contributed by atoms with Crippen molar-refractivity contribution < 1.29 is 18.0 Å². The van der Waals surface area contributed by atoms with Crippen LogP contribution in [-0.2, 0) is 6.18 Å². The lowest BCUT2D eigenvalue weighted by molar-refractivity contribution is -0.137. The summed E-state index contributed by atoms with van der Waals surface area (Å²) in [7, 11) is 0. The van der Waals surface area contributed by atoms with Gasteiger partial charge in [0.15, 0.2) is 0 Å². The van der Waals surface area contributed by atoms with Gasteiger partial charge < -0.3 is 10.6 Å². The fourth-order valence-corrected chi connectivity index (χ4v) is 2.14. The number of rotatable bonds is 4. The van der Waals surface area contributed by atoms with Gasteiger partial charge in [0.05, 0.1) is 23.0 Å². The zero-order chi connectivity index (χ0) is 18.6. The van der Waals surface area contributed by atoms with Crippen LogP contribution in [-0.4, -0.2) is 15.9 Å². The Morgan fingerprint density at radius 3 is 2.23 bits per heavy atom. The van der Waals surface area contributed by atoms with Crippen molar-refractivity contribution in [3.63, 3.8) is 0 Å². The molecule has 3 rings (SSSR count). The van der Waals surface area contributed by atoms with Crippen LogP contribution >= 0.6 is 0 Å². The molecule has 0 saturated carbocycles. The highest BCUT2D eigenvalue weighted by Gasteiger charge is 2.29. The lowest BCUT2D eigenvalue weighted by Crippen LogP contribution is -2.13. The predicted octanol–water partition coefficient (Wildman–Crippen LogP) is 4.49. The topological polar surface area (TPSA) is 66.9 Å². The Kier molecular flexibility index (Phi) is 4.83. The standard InChI is InChI=1S/C18H13F3N4O/c19-18(20,21)13-3-5-14(6-4-13)24-15-7-8-16(23-11-15)25-17(26)12-2-1-9-22-10-12/h1-11,24H,(H,23,25,26). The van der Waals surface area contributed by atoms with Gasteiger partial charge in [-0.1, -0.05) is 0 Å². The van der Waals surface area contributed by atoms with Crippen LogP contribution in [0.15, 0.2) is 67.1 Å². The molecule has 2 N–H and O–H groups in total. The molecule has 0 radical (unpaired) electrons. The first kappa shape index (κ1) is 17.4. The van der Waals surface area contributed by atoms with Crippen molar-refractivity contribution in [1.82, 2.24) is 9.97 Å². The summed E-state index contributed by atoms with van der Waals surface area (Å²) < 4.78 is 37.6. The van der Waals surface area contributed by atoms with E-state index in [1.165, 1.54) is 24.5 Å². The van der Waals surface area contributed by atoms with Crippen LogP contribution in [0, 0.1) is 0 Å². The maximum atomic E-state index is 12.5. The van der Waals surface area contributed by atoms with Gasteiger partial charge in [-0.25, -0.2) is 4.98 Å². The zero-order valence-corrected chi connectivity index (χ0v) is 13.3. The van der Waals surface area contributed by atoms with E-state index in [0.29, 0.717) is 22.8 Å². The zero-order valence-electron chi connectivity index (χ0n) is 13.3. The number of aromatic nitrogens is 2. The first-order chi connectivity index (χ1) is 12.4. The van der Waals surface area contributed by atoms with Crippen molar-refractivity contribution in [2.75, 3.05) is 10.6 Å². The lowest BCUT2D eigenvalue weighted by atomic mass is 10.2. The third-order valence-corrected chi connectivity index (χ3v) is 3.43. The lowest BCUT2D eigenvalue weighted by Gasteiger charge is -2.10. The monoisotopic (exact) mass is 358 g/mol. The number of anilines is 3. The second kappa shape index (κ2) is 7.22. The van der Waals surface area contributed by atoms with Gasteiger partial charge in [-0.3, -0.25) is 9.78 Å². The summed E-state index contributed by atoms with van der Waals surface area (Å²) >= 11 is 0. The fraction of sp³-hybridized carbons (Fsp3) is 0.0556. The third-order valence-electron chi connectivity index (χ3n) is 3.43. The predicted molar refractivity (Wildman–Crippen MR) is 91.2 cm³/mol. The van der Waals surface area contributed by atoms with E-state index in [2.05, 4.69) is 20.6 Å². The quantitative estimate of drug-likeness (QED) is 0.721. The van der Waals surface area contributed by atoms with E-state index < -0.39 is 11.7 Å². The van der Waals surface area contributed by atoms with Gasteiger partial charge in [0, 0.05) is 18.1 Å². The van der Waals surface area contributed by atoms with Crippen molar-refractivity contribution >= 4 is 23.1 Å². The second-order valence-electron chi connectivity index (χ2n) is 5.33. The fourth-order valence-electron chi connectivity index (χ4n) is 2.14. The van der Waals surface area contributed by atoms with E-state index in [-0.39, 0.29) is 5.91 Å². The van der Waals surface area contributed by atoms with Gasteiger partial charge in [0.25, 0.3) is 5.91 Å². The van der Waals surface area contributed by atoms with E-state index in [4.69, 9.17) is 0 Å². The van der Waals surface area contributed by atoms with Crippen LogP contribution in [0.3, 0.4) is 0 Å². The van der Waals surface area contributed by atoms with Gasteiger partial charge in [0.1, 0.15) is 5.82 Å². The van der Waals surface area contributed by atoms with E-state index >= 15 is 0 Å². The van der Waals surface area contributed by atoms with Crippen LogP contribution in [0.5, 0.6) is 0 Å². The molecule has 1 aromatic carbocycles. The van der Waals surface area contributed by atoms with E-state index in [0.717, 1.165) is 12.1 Å². The van der Waals surface area contributed by atoms with Crippen molar-refractivity contribution in [3.8, 4) is 0 Å². The second-order valence-corrected chi connectivity index (χ2v) is 5.33. The third kappa shape index (κ3) is 4.35. The van der Waals surface area contributed by atoms with Gasteiger partial charge >= 0.3 is 6.18 Å². The Labute approximate surface area is 146 Å². The number of halogens is 3. The van der Waals surface area contributed by atoms with Crippen LogP contribution in [0.2, 0.25) is 0 Å². The molecule has 0 aliphatic heterocycles. The summed E-state index contributed by atoms with van der Waals surface area (Å²) in [4.78, 5) is 20.0. The minimum Gasteiger partial charge on any atom is -0.354 e. The highest BCUT2D eigenvalue weighted by atomic mass is 19.4. The van der Waals surface area contributed by atoms with Crippen LogP contribution in [0.1, 0.15) is 15.9 Å². The molecule has 3 aromatic rings. The Balaban J connectivity index is 1.63. The number of carbonyl (C=O) groups is 1. The van der Waals surface area contributed by atoms with Crippen LogP contribution in [0.4, 0.5) is 30.4 Å². The number of carbonyl (C=O) groups excluding carboxylic acids is 1. The average Bonchev–Trinajstić information content (AvgIpc) is 2.64. The van der Waals surface area contributed by atoms with Gasteiger partial charge in [0.2, 0.25) is 0 Å². The molecular weight excluding hydrogens is 345 g/mol. The first-order valence-corrected chi connectivity index (χ1v) is 7.53. The molecule has 5 nitrogen and oxygen atoms in total. The number of nitrogens with zero attached hydrogens (tertiary/aromatic N) is 2. The number of benzene rings is 1. The molecule has 0 fully saturated rings. The average molecular weight is 358 g/mol. The molecule has 0 aliphatic rings. The SMILES string of the molecule is O=C(Nc1ccc(Nc2ccc(C(F)(F)F)cc2)cn1)c1cccnc1. The van der Waals surface area contributed by atoms with Crippen molar-refractivity contribution in [2.24, 2.45) is 0 Å². The smallest absolute Gasteiger partial charge is 0.354 e. The van der Waals surface area contributed by atoms with Crippen molar-refractivity contribution in [2.45, 2.75) is 6.18 Å². The van der Waals surface area contributed by atoms with Crippen molar-refractivity contribution in [3.05, 3.63) is 78.2 Å². The summed E-state index contributed by atoms with van der Waals surface area (Å²) in [5, 5.41) is 5.57. The van der Waals surface area contributed by atoms with Gasteiger partial charge in [-0.2, -0.15) is 13.2 Å². The molecule has 26 heavy (non-hydrogen) atoms. The number of pyridine rings is 2. The Morgan fingerprint density at radius 2 is 1.65 bits per heavy atom. The molecule has 0 atom stereocenters. The number of hydrogen-bond donors (Lipinski definition) is 2. The van der Waals surface area contributed by atoms with Gasteiger partial charge in [-0.15, -0.1) is 0 Å². The molecule has 0 spiro atoms. The summed E-state index contributed by atoms with van der Waals surface area (Å²) in [6, 6.07) is 11.2. The van der Waals surface area contributed by atoms with Gasteiger partial charge in [-0.05, 0) is 48.5 Å². The number of amides is 1. The summed E-state index contributed by atoms with van der Waals surface area (Å²) in [6.07, 6.45) is 0.108. The Hall–Kier alpha value is -3.42. The molecule has 0 aliphatic carbocycles. The maximum Gasteiger partial charge on any atom is 0.416 e. The number of hydrogen-bond acceptors (Lipinski definition) is 4. The molecule has 132 valence electrons. The van der Waals surface area contributed by atoms with E-state index in [1.54, 1.807) is 30.5 Å². The highest BCUT2D eigenvalue weighted by molar-refractivity contribution is 6.03. The highest BCUT2D eigenvalue weighted by Crippen LogP contribution is 2.30.